The Hall–Kier alpha value is -1.76. The highest BCUT2D eigenvalue weighted by Gasteiger charge is 2.29. The van der Waals surface area contributed by atoms with Gasteiger partial charge in [0.15, 0.2) is 5.78 Å². The Morgan fingerprint density at radius 2 is 2.19 bits per heavy atom. The lowest BCUT2D eigenvalue weighted by molar-refractivity contribution is 0.0813. The number of Topliss-reactive ketones (excluding diaryl/α,β-unsaturated/α-hetero) is 1. The number of thiophene rings is 2. The van der Waals surface area contributed by atoms with E-state index in [4.69, 9.17) is 9.40 Å². The molecule has 26 heavy (non-hydrogen) atoms. The number of aryl methyl sites for hydroxylation is 2. The molecule has 136 valence electrons. The molecule has 0 spiro atoms. The zero-order valence-electron chi connectivity index (χ0n) is 15.0. The van der Waals surface area contributed by atoms with Gasteiger partial charge in [0.25, 0.3) is 0 Å². The van der Waals surface area contributed by atoms with Crippen molar-refractivity contribution in [2.24, 2.45) is 5.92 Å². The molecule has 1 atom stereocenters. The van der Waals surface area contributed by atoms with Gasteiger partial charge in [-0.25, -0.2) is 4.98 Å². The van der Waals surface area contributed by atoms with E-state index >= 15 is 0 Å². The minimum absolute atomic E-state index is 0.0880. The number of oxazole rings is 1. The second kappa shape index (κ2) is 7.47. The van der Waals surface area contributed by atoms with Crippen molar-refractivity contribution in [3.63, 3.8) is 0 Å². The molecule has 0 bridgehead atoms. The number of likely N-dealkylation sites (tertiary alicyclic amines) is 1. The van der Waals surface area contributed by atoms with Crippen molar-refractivity contribution in [2.45, 2.75) is 33.2 Å². The van der Waals surface area contributed by atoms with Gasteiger partial charge in [-0.3, -0.25) is 9.69 Å². The summed E-state index contributed by atoms with van der Waals surface area (Å²) >= 11 is 3.20. The third-order valence-electron chi connectivity index (χ3n) is 4.96. The Labute approximate surface area is 161 Å². The van der Waals surface area contributed by atoms with Crippen LogP contribution in [0.3, 0.4) is 0 Å². The lowest BCUT2D eigenvalue weighted by atomic mass is 9.92. The van der Waals surface area contributed by atoms with Crippen molar-refractivity contribution in [2.75, 3.05) is 13.1 Å². The fourth-order valence-electron chi connectivity index (χ4n) is 3.52. The zero-order valence-corrected chi connectivity index (χ0v) is 16.7. The molecule has 0 amide bonds. The van der Waals surface area contributed by atoms with E-state index in [1.807, 2.05) is 42.8 Å². The molecule has 4 nitrogen and oxygen atoms in total. The summed E-state index contributed by atoms with van der Waals surface area (Å²) in [7, 11) is 0. The fourth-order valence-corrected chi connectivity index (χ4v) is 5.11. The summed E-state index contributed by atoms with van der Waals surface area (Å²) in [6.07, 6.45) is 2.03. The fraction of sp³-hybridized carbons (Fsp3) is 0.400. The molecule has 1 aliphatic heterocycles. The van der Waals surface area contributed by atoms with Crippen LogP contribution in [-0.2, 0) is 6.54 Å². The Balaban J connectivity index is 1.46. The molecule has 0 aromatic carbocycles. The van der Waals surface area contributed by atoms with Crippen molar-refractivity contribution in [3.8, 4) is 10.8 Å². The van der Waals surface area contributed by atoms with E-state index in [9.17, 15) is 4.79 Å². The van der Waals surface area contributed by atoms with Gasteiger partial charge in [0.1, 0.15) is 5.76 Å². The average molecular weight is 387 g/mol. The molecule has 3 aromatic heterocycles. The van der Waals surface area contributed by atoms with E-state index in [1.54, 1.807) is 22.7 Å². The molecule has 0 unspecified atom stereocenters. The Morgan fingerprint density at radius 3 is 2.92 bits per heavy atom. The predicted molar refractivity (Wildman–Crippen MR) is 106 cm³/mol. The second-order valence-electron chi connectivity index (χ2n) is 6.87. The van der Waals surface area contributed by atoms with Gasteiger partial charge in [-0.05, 0) is 61.7 Å². The largest absolute Gasteiger partial charge is 0.440 e. The van der Waals surface area contributed by atoms with Crippen LogP contribution in [0, 0.1) is 19.8 Å². The smallest absolute Gasteiger partial charge is 0.236 e. The van der Waals surface area contributed by atoms with Gasteiger partial charge in [0.2, 0.25) is 5.89 Å². The van der Waals surface area contributed by atoms with E-state index < -0.39 is 0 Å². The minimum Gasteiger partial charge on any atom is -0.440 e. The number of hydrogen-bond acceptors (Lipinski definition) is 6. The van der Waals surface area contributed by atoms with Crippen LogP contribution in [0.1, 0.15) is 39.5 Å². The number of carbonyl (C=O) groups is 1. The first-order valence-electron chi connectivity index (χ1n) is 8.92. The molecule has 0 N–H and O–H groups in total. The third kappa shape index (κ3) is 3.54. The lowest BCUT2D eigenvalue weighted by Crippen LogP contribution is -2.38. The Morgan fingerprint density at radius 1 is 1.31 bits per heavy atom. The lowest BCUT2D eigenvalue weighted by Gasteiger charge is -2.31. The highest BCUT2D eigenvalue weighted by atomic mass is 32.1. The first kappa shape index (κ1) is 17.6. The van der Waals surface area contributed by atoms with Crippen LogP contribution in [0.4, 0.5) is 0 Å². The van der Waals surface area contributed by atoms with Gasteiger partial charge in [0, 0.05) is 19.0 Å². The minimum atomic E-state index is 0.0880. The summed E-state index contributed by atoms with van der Waals surface area (Å²) in [5.74, 6) is 1.96. The van der Waals surface area contributed by atoms with Crippen LogP contribution in [-0.4, -0.2) is 28.8 Å². The standard InChI is InChI=1S/C20H22N2O2S2/c1-13-7-10-26-19(13)18(23)15-5-3-8-22(11-15)12-16-14(2)24-20(21-16)17-6-4-9-25-17/h4,6-7,9-10,15H,3,5,8,11-12H2,1-2H3/t15-/m1/s1. The quantitative estimate of drug-likeness (QED) is 0.567. The van der Waals surface area contributed by atoms with E-state index in [1.165, 1.54) is 0 Å². The van der Waals surface area contributed by atoms with E-state index in [0.29, 0.717) is 11.7 Å². The van der Waals surface area contributed by atoms with Crippen LogP contribution in [0.2, 0.25) is 0 Å². The molecular weight excluding hydrogens is 364 g/mol. The predicted octanol–water partition coefficient (Wildman–Crippen LogP) is 5.18. The highest BCUT2D eigenvalue weighted by molar-refractivity contribution is 7.13. The molecule has 4 rings (SSSR count). The molecule has 1 fully saturated rings. The Kier molecular flexibility index (Phi) is 5.07. The molecule has 0 saturated carbocycles. The van der Waals surface area contributed by atoms with Crippen molar-refractivity contribution in [1.29, 1.82) is 0 Å². The van der Waals surface area contributed by atoms with Crippen molar-refractivity contribution in [1.82, 2.24) is 9.88 Å². The van der Waals surface area contributed by atoms with E-state index in [0.717, 1.165) is 59.2 Å². The molecule has 0 radical (unpaired) electrons. The van der Waals surface area contributed by atoms with Gasteiger partial charge in [0.05, 0.1) is 15.4 Å². The Bertz CT molecular complexity index is 895. The normalized spacial score (nSPS) is 18.3. The molecule has 6 heteroatoms. The monoisotopic (exact) mass is 386 g/mol. The highest BCUT2D eigenvalue weighted by Crippen LogP contribution is 2.29. The molecule has 3 aromatic rings. The molecule has 1 aliphatic rings. The summed E-state index contributed by atoms with van der Waals surface area (Å²) in [6, 6.07) is 6.06. The van der Waals surface area contributed by atoms with Crippen LogP contribution in [0.25, 0.3) is 10.8 Å². The summed E-state index contributed by atoms with van der Waals surface area (Å²) in [5, 5.41) is 4.04. The maximum atomic E-state index is 12.9. The summed E-state index contributed by atoms with van der Waals surface area (Å²) in [4.78, 5) is 21.9. The SMILES string of the molecule is Cc1ccsc1C(=O)[C@@H]1CCCN(Cc2nc(-c3cccs3)oc2C)C1. The molecular formula is C20H22N2O2S2. The van der Waals surface area contributed by atoms with Gasteiger partial charge < -0.3 is 4.42 Å². The summed E-state index contributed by atoms with van der Waals surface area (Å²) in [6.45, 7) is 6.55. The molecule has 1 saturated heterocycles. The van der Waals surface area contributed by atoms with E-state index in [-0.39, 0.29) is 5.92 Å². The van der Waals surface area contributed by atoms with Gasteiger partial charge >= 0.3 is 0 Å². The summed E-state index contributed by atoms with van der Waals surface area (Å²) in [5.41, 5.74) is 2.08. The first-order chi connectivity index (χ1) is 12.6. The third-order valence-corrected chi connectivity index (χ3v) is 6.85. The van der Waals surface area contributed by atoms with Crippen molar-refractivity contribution in [3.05, 3.63) is 50.9 Å². The van der Waals surface area contributed by atoms with Gasteiger partial charge in [-0.15, -0.1) is 22.7 Å². The topological polar surface area (TPSA) is 46.3 Å². The first-order valence-corrected chi connectivity index (χ1v) is 10.7. The number of nitrogens with zero attached hydrogens (tertiary/aromatic N) is 2. The average Bonchev–Trinajstić information content (AvgIpc) is 3.37. The number of carbonyl (C=O) groups excluding carboxylic acids is 1. The van der Waals surface area contributed by atoms with Gasteiger partial charge in [-0.1, -0.05) is 6.07 Å². The number of rotatable bonds is 5. The molecule has 4 heterocycles. The maximum Gasteiger partial charge on any atom is 0.236 e. The molecule has 0 aliphatic carbocycles. The summed E-state index contributed by atoms with van der Waals surface area (Å²) < 4.78 is 5.86. The van der Waals surface area contributed by atoms with Crippen LogP contribution >= 0.6 is 22.7 Å². The second-order valence-corrected chi connectivity index (χ2v) is 8.73. The maximum absolute atomic E-state index is 12.9. The van der Waals surface area contributed by atoms with Gasteiger partial charge in [-0.2, -0.15) is 0 Å². The van der Waals surface area contributed by atoms with Crippen molar-refractivity contribution >= 4 is 28.5 Å². The number of hydrogen-bond donors (Lipinski definition) is 0. The van der Waals surface area contributed by atoms with Crippen molar-refractivity contribution < 1.29 is 9.21 Å². The van der Waals surface area contributed by atoms with Crippen LogP contribution < -0.4 is 0 Å². The number of ketones is 1. The van der Waals surface area contributed by atoms with Crippen LogP contribution in [0.5, 0.6) is 0 Å². The number of aromatic nitrogens is 1. The zero-order chi connectivity index (χ0) is 18.1. The van der Waals surface area contributed by atoms with Crippen LogP contribution in [0.15, 0.2) is 33.4 Å². The van der Waals surface area contributed by atoms with E-state index in [2.05, 4.69) is 4.90 Å². The number of piperidine rings is 1.